The zero-order valence-electron chi connectivity index (χ0n) is 9.93. The topological polar surface area (TPSA) is 82.2 Å². The molecule has 6 heteroatoms. The molecular weight excluding hydrogens is 240 g/mol. The Morgan fingerprint density at radius 3 is 2.65 bits per heavy atom. The van der Waals surface area contributed by atoms with E-state index >= 15 is 0 Å². The third-order valence-electron chi connectivity index (χ3n) is 2.48. The Morgan fingerprint density at radius 2 is 2.06 bits per heavy atom. The van der Waals surface area contributed by atoms with Crippen molar-refractivity contribution < 1.29 is 8.42 Å². The standard InChI is InChI=1S/C11H18N2O3S/c1-2-7-17(15,16)8-6-13-5-3-4-10(9-12)11(13)14/h3-5H,2,6-9,12H2,1H3. The van der Waals surface area contributed by atoms with Crippen molar-refractivity contribution in [3.05, 3.63) is 34.2 Å². The molecule has 1 aromatic rings. The molecule has 0 aromatic carbocycles. The average molecular weight is 258 g/mol. The van der Waals surface area contributed by atoms with Crippen LogP contribution in [0.3, 0.4) is 0 Å². The van der Waals surface area contributed by atoms with Crippen molar-refractivity contribution in [2.24, 2.45) is 5.73 Å². The zero-order chi connectivity index (χ0) is 12.9. The van der Waals surface area contributed by atoms with Crippen LogP contribution in [0.4, 0.5) is 0 Å². The summed E-state index contributed by atoms with van der Waals surface area (Å²) in [6.07, 6.45) is 2.18. The van der Waals surface area contributed by atoms with E-state index < -0.39 is 9.84 Å². The minimum absolute atomic E-state index is 0.00519. The summed E-state index contributed by atoms with van der Waals surface area (Å²) in [4.78, 5) is 11.8. The molecule has 1 rings (SSSR count). The third-order valence-corrected chi connectivity index (χ3v) is 4.31. The Bertz CT molecular complexity index is 520. The van der Waals surface area contributed by atoms with E-state index in [0.29, 0.717) is 12.0 Å². The molecule has 2 N–H and O–H groups in total. The second kappa shape index (κ2) is 5.97. The summed E-state index contributed by atoms with van der Waals surface area (Å²) in [5.41, 5.74) is 5.71. The molecule has 0 saturated heterocycles. The second-order valence-electron chi connectivity index (χ2n) is 3.89. The van der Waals surface area contributed by atoms with E-state index in [1.54, 1.807) is 18.3 Å². The highest BCUT2D eigenvalue weighted by atomic mass is 32.2. The Hall–Kier alpha value is -1.14. The Labute approximate surface area is 101 Å². The van der Waals surface area contributed by atoms with Gasteiger partial charge in [0.25, 0.3) is 5.56 Å². The minimum atomic E-state index is -3.06. The van der Waals surface area contributed by atoms with Crippen molar-refractivity contribution >= 4 is 9.84 Å². The van der Waals surface area contributed by atoms with E-state index in [1.807, 2.05) is 6.92 Å². The highest BCUT2D eigenvalue weighted by Gasteiger charge is 2.10. The maximum atomic E-state index is 11.8. The Kier molecular flexibility index (Phi) is 4.89. The summed E-state index contributed by atoms with van der Waals surface area (Å²) >= 11 is 0. The highest BCUT2D eigenvalue weighted by molar-refractivity contribution is 7.91. The quantitative estimate of drug-likeness (QED) is 0.786. The molecule has 0 radical (unpaired) electrons. The van der Waals surface area contributed by atoms with E-state index in [9.17, 15) is 13.2 Å². The second-order valence-corrected chi connectivity index (χ2v) is 6.19. The molecule has 96 valence electrons. The van der Waals surface area contributed by atoms with Gasteiger partial charge < -0.3 is 10.3 Å². The van der Waals surface area contributed by atoms with Gasteiger partial charge in [-0.2, -0.15) is 0 Å². The first-order chi connectivity index (χ1) is 8.00. The van der Waals surface area contributed by atoms with Crippen molar-refractivity contribution in [2.45, 2.75) is 26.4 Å². The van der Waals surface area contributed by atoms with Gasteiger partial charge in [-0.15, -0.1) is 0 Å². The number of rotatable bonds is 6. The highest BCUT2D eigenvalue weighted by Crippen LogP contribution is 1.96. The molecule has 0 atom stereocenters. The van der Waals surface area contributed by atoms with Crippen LogP contribution in [0, 0.1) is 0 Å². The normalized spacial score (nSPS) is 11.6. The number of aryl methyl sites for hydroxylation is 1. The lowest BCUT2D eigenvalue weighted by Crippen LogP contribution is -2.27. The van der Waals surface area contributed by atoms with Crippen molar-refractivity contribution in [1.29, 1.82) is 0 Å². The van der Waals surface area contributed by atoms with Crippen LogP contribution in [0.2, 0.25) is 0 Å². The number of pyridine rings is 1. The molecule has 0 saturated carbocycles. The maximum absolute atomic E-state index is 11.8. The number of hydrogen-bond donors (Lipinski definition) is 1. The molecule has 0 bridgehead atoms. The molecule has 0 unspecified atom stereocenters. The van der Waals surface area contributed by atoms with Gasteiger partial charge in [0.2, 0.25) is 0 Å². The third kappa shape index (κ3) is 3.98. The van der Waals surface area contributed by atoms with Crippen LogP contribution >= 0.6 is 0 Å². The molecule has 5 nitrogen and oxygen atoms in total. The van der Waals surface area contributed by atoms with Crippen molar-refractivity contribution in [3.63, 3.8) is 0 Å². The smallest absolute Gasteiger partial charge is 0.255 e. The molecule has 0 aliphatic rings. The summed E-state index contributed by atoms with van der Waals surface area (Å²) in [7, 11) is -3.06. The first-order valence-electron chi connectivity index (χ1n) is 5.59. The van der Waals surface area contributed by atoms with Crippen LogP contribution in [0.5, 0.6) is 0 Å². The molecular formula is C11H18N2O3S. The average Bonchev–Trinajstić information content (AvgIpc) is 2.28. The predicted octanol–water partition coefficient (Wildman–Crippen LogP) is 0.132. The summed E-state index contributed by atoms with van der Waals surface area (Å²) in [6.45, 7) is 2.18. The van der Waals surface area contributed by atoms with Gasteiger partial charge in [0.15, 0.2) is 9.84 Å². The molecule has 0 spiro atoms. The van der Waals surface area contributed by atoms with Crippen molar-refractivity contribution in [2.75, 3.05) is 11.5 Å². The SMILES string of the molecule is CCCS(=O)(=O)CCn1cccc(CN)c1=O. The van der Waals surface area contributed by atoms with E-state index in [-0.39, 0.29) is 30.2 Å². The number of aromatic nitrogens is 1. The van der Waals surface area contributed by atoms with Crippen LogP contribution in [0.25, 0.3) is 0 Å². The summed E-state index contributed by atoms with van der Waals surface area (Å²) in [5.74, 6) is 0.160. The fraction of sp³-hybridized carbons (Fsp3) is 0.545. The lowest BCUT2D eigenvalue weighted by molar-refractivity contribution is 0.585. The molecule has 1 heterocycles. The summed E-state index contributed by atoms with van der Waals surface area (Å²) in [5, 5.41) is 0. The molecule has 17 heavy (non-hydrogen) atoms. The van der Waals surface area contributed by atoms with Gasteiger partial charge in [0.1, 0.15) is 0 Å². The van der Waals surface area contributed by atoms with E-state index in [4.69, 9.17) is 5.73 Å². The first-order valence-corrected chi connectivity index (χ1v) is 7.41. The van der Waals surface area contributed by atoms with Gasteiger partial charge in [-0.05, 0) is 12.5 Å². The van der Waals surface area contributed by atoms with Crippen LogP contribution < -0.4 is 11.3 Å². The van der Waals surface area contributed by atoms with E-state index in [0.717, 1.165) is 0 Å². The largest absolute Gasteiger partial charge is 0.326 e. The lowest BCUT2D eigenvalue weighted by Gasteiger charge is -2.07. The molecule has 1 aromatic heterocycles. The molecule has 0 amide bonds. The van der Waals surface area contributed by atoms with Crippen molar-refractivity contribution in [1.82, 2.24) is 4.57 Å². The number of nitrogens with zero attached hydrogens (tertiary/aromatic N) is 1. The molecule has 0 aliphatic heterocycles. The van der Waals surface area contributed by atoms with Gasteiger partial charge >= 0.3 is 0 Å². The van der Waals surface area contributed by atoms with E-state index in [1.165, 1.54) is 4.57 Å². The van der Waals surface area contributed by atoms with Gasteiger partial charge in [-0.25, -0.2) is 8.42 Å². The van der Waals surface area contributed by atoms with Crippen LogP contribution in [0.1, 0.15) is 18.9 Å². The molecule has 0 aliphatic carbocycles. The predicted molar refractivity (Wildman–Crippen MR) is 67.5 cm³/mol. The van der Waals surface area contributed by atoms with Crippen LogP contribution in [-0.4, -0.2) is 24.5 Å². The fourth-order valence-corrected chi connectivity index (χ4v) is 2.87. The maximum Gasteiger partial charge on any atom is 0.255 e. The van der Waals surface area contributed by atoms with Crippen LogP contribution in [-0.2, 0) is 22.9 Å². The molecule has 0 fully saturated rings. The monoisotopic (exact) mass is 258 g/mol. The van der Waals surface area contributed by atoms with E-state index in [2.05, 4.69) is 0 Å². The zero-order valence-corrected chi connectivity index (χ0v) is 10.7. The first kappa shape index (κ1) is 13.9. The summed E-state index contributed by atoms with van der Waals surface area (Å²) in [6, 6.07) is 3.36. The van der Waals surface area contributed by atoms with Gasteiger partial charge in [-0.3, -0.25) is 4.79 Å². The Balaban J connectivity index is 2.80. The van der Waals surface area contributed by atoms with Gasteiger partial charge in [0.05, 0.1) is 5.75 Å². The van der Waals surface area contributed by atoms with Crippen LogP contribution in [0.15, 0.2) is 23.1 Å². The summed E-state index contributed by atoms with van der Waals surface area (Å²) < 4.78 is 24.5. The van der Waals surface area contributed by atoms with Gasteiger partial charge in [0, 0.05) is 30.6 Å². The number of nitrogens with two attached hydrogens (primary N) is 1. The number of hydrogen-bond acceptors (Lipinski definition) is 4. The minimum Gasteiger partial charge on any atom is -0.326 e. The Morgan fingerprint density at radius 1 is 1.35 bits per heavy atom. The van der Waals surface area contributed by atoms with Crippen molar-refractivity contribution in [3.8, 4) is 0 Å². The fourth-order valence-electron chi connectivity index (χ4n) is 1.57. The van der Waals surface area contributed by atoms with Gasteiger partial charge in [-0.1, -0.05) is 13.0 Å². The lowest BCUT2D eigenvalue weighted by atomic mass is 10.3. The number of sulfone groups is 1.